The van der Waals surface area contributed by atoms with E-state index in [2.05, 4.69) is 31.9 Å². The Morgan fingerprint density at radius 1 is 0.833 bits per heavy atom. The van der Waals surface area contributed by atoms with Gasteiger partial charge in [-0.1, -0.05) is 32.4 Å². The number of carboxylic acid groups (broad SMARTS) is 2. The zero-order valence-electron chi connectivity index (χ0n) is 33.5. The minimum atomic E-state index is -1.66. The van der Waals surface area contributed by atoms with Crippen LogP contribution in [0.4, 0.5) is 0 Å². The number of rotatable bonds is 24. The summed E-state index contributed by atoms with van der Waals surface area (Å²) >= 11 is 0. The molecular formula is C37H55N9O14. The lowest BCUT2D eigenvalue weighted by Gasteiger charge is -2.30. The number of phenols is 1. The Hall–Kier alpha value is -6.36. The molecule has 0 spiro atoms. The molecular weight excluding hydrogens is 794 g/mol. The molecule has 0 saturated carbocycles. The van der Waals surface area contributed by atoms with E-state index in [1.165, 1.54) is 36.1 Å². The Bertz CT molecular complexity index is 1740. The molecule has 23 heteroatoms. The van der Waals surface area contributed by atoms with Gasteiger partial charge in [0.25, 0.3) is 0 Å². The van der Waals surface area contributed by atoms with Crippen molar-refractivity contribution in [3.8, 4) is 5.75 Å². The molecule has 0 radical (unpaired) electrons. The van der Waals surface area contributed by atoms with Gasteiger partial charge in [-0.25, -0.2) is 4.79 Å². The Morgan fingerprint density at radius 3 is 2.03 bits per heavy atom. The quantitative estimate of drug-likeness (QED) is 0.0468. The number of benzene rings is 1. The van der Waals surface area contributed by atoms with E-state index >= 15 is 0 Å². The second-order valence-corrected chi connectivity index (χ2v) is 14.4. The van der Waals surface area contributed by atoms with Crippen molar-refractivity contribution < 1.29 is 68.4 Å². The van der Waals surface area contributed by atoms with Crippen molar-refractivity contribution >= 4 is 59.2 Å². The lowest BCUT2D eigenvalue weighted by molar-refractivity contribution is -0.143. The average Bonchev–Trinajstić information content (AvgIpc) is 3.69. The van der Waals surface area contributed by atoms with Gasteiger partial charge in [-0.2, -0.15) is 0 Å². The van der Waals surface area contributed by atoms with Gasteiger partial charge in [-0.05, 0) is 49.8 Å². The topological polar surface area (TPSA) is 379 Å². The predicted octanol–water partition coefficient (Wildman–Crippen LogP) is -4.32. The van der Waals surface area contributed by atoms with Gasteiger partial charge >= 0.3 is 11.9 Å². The fourth-order valence-corrected chi connectivity index (χ4v) is 6.02. The molecule has 1 heterocycles. The molecule has 23 nitrogen and oxygen atoms in total. The molecule has 60 heavy (non-hydrogen) atoms. The van der Waals surface area contributed by atoms with Crippen molar-refractivity contribution in [2.24, 2.45) is 17.4 Å². The summed E-state index contributed by atoms with van der Waals surface area (Å²) in [6, 6.07) is -3.85. The Kier molecular flexibility index (Phi) is 19.8. The molecule has 0 unspecified atom stereocenters. The van der Waals surface area contributed by atoms with Crippen molar-refractivity contribution in [2.45, 2.75) is 108 Å². The van der Waals surface area contributed by atoms with Gasteiger partial charge in [-0.3, -0.25) is 43.2 Å². The molecule has 8 atom stereocenters. The molecule has 1 aromatic rings. The van der Waals surface area contributed by atoms with Crippen molar-refractivity contribution in [2.75, 3.05) is 19.7 Å². The van der Waals surface area contributed by atoms with E-state index < -0.39 is 127 Å². The third-order valence-corrected chi connectivity index (χ3v) is 9.66. The number of carbonyl (C=O) groups is 10. The lowest BCUT2D eigenvalue weighted by atomic mass is 9.97. The monoisotopic (exact) mass is 849 g/mol. The molecule has 1 saturated heterocycles. The Balaban J connectivity index is 2.20. The summed E-state index contributed by atoms with van der Waals surface area (Å²) in [6.07, 6.45) is -0.650. The van der Waals surface area contributed by atoms with Crippen LogP contribution in [0.25, 0.3) is 0 Å². The molecule has 1 aromatic carbocycles. The number of aliphatic hydroxyl groups excluding tert-OH is 1. The van der Waals surface area contributed by atoms with Crippen LogP contribution in [0.5, 0.6) is 5.75 Å². The van der Waals surface area contributed by atoms with E-state index in [0.29, 0.717) is 18.4 Å². The highest BCUT2D eigenvalue weighted by molar-refractivity contribution is 5.97. The number of carboxylic acids is 2. The number of hydrogen-bond acceptors (Lipinski definition) is 13. The summed E-state index contributed by atoms with van der Waals surface area (Å²) in [5.74, 6) is -10.3. The van der Waals surface area contributed by atoms with Crippen LogP contribution in [0.15, 0.2) is 24.3 Å². The maximum absolute atomic E-state index is 14.0. The largest absolute Gasteiger partial charge is 0.508 e. The molecule has 2 rings (SSSR count). The second kappa shape index (κ2) is 23.9. The highest BCUT2D eigenvalue weighted by Crippen LogP contribution is 2.21. The van der Waals surface area contributed by atoms with Gasteiger partial charge < -0.3 is 68.7 Å². The number of likely N-dealkylation sites (tertiary alicyclic amines) is 1. The van der Waals surface area contributed by atoms with Gasteiger partial charge in [0.15, 0.2) is 0 Å². The van der Waals surface area contributed by atoms with Crippen molar-refractivity contribution in [1.82, 2.24) is 36.8 Å². The number of nitrogens with two attached hydrogens (primary N) is 2. The van der Waals surface area contributed by atoms with Crippen molar-refractivity contribution in [1.29, 1.82) is 0 Å². The summed E-state index contributed by atoms with van der Waals surface area (Å²) in [6.45, 7) is 3.02. The maximum Gasteiger partial charge on any atom is 0.328 e. The SMILES string of the molecule is CC[C@H](C)[C@H](NC(=O)[C@H](CCC(N)=O)NC(=O)CNC(=O)[C@@H]1CCCN1C(=O)[C@H](Cc1ccc(O)cc1)NC(=O)[C@H](C)NC(=O)[C@@H](N)CC(=O)O)C(=O)N[C@@H](CO)C(=O)O. The number of nitrogens with one attached hydrogen (secondary N) is 6. The number of aliphatic carboxylic acids is 2. The van der Waals surface area contributed by atoms with Gasteiger partial charge in [0, 0.05) is 19.4 Å². The number of aromatic hydroxyl groups is 1. The summed E-state index contributed by atoms with van der Waals surface area (Å²) in [5.41, 5.74) is 11.4. The third kappa shape index (κ3) is 15.8. The first kappa shape index (κ1) is 49.8. The van der Waals surface area contributed by atoms with Crippen LogP contribution in [-0.2, 0) is 54.4 Å². The number of amides is 8. The Labute approximate surface area is 344 Å². The van der Waals surface area contributed by atoms with Crippen LogP contribution >= 0.6 is 0 Å². The van der Waals surface area contributed by atoms with E-state index in [1.807, 2.05) is 0 Å². The first-order valence-corrected chi connectivity index (χ1v) is 19.1. The zero-order valence-corrected chi connectivity index (χ0v) is 33.5. The van der Waals surface area contributed by atoms with E-state index in [9.17, 15) is 63.3 Å². The molecule has 0 aliphatic carbocycles. The summed E-state index contributed by atoms with van der Waals surface area (Å²) in [7, 11) is 0. The molecule has 14 N–H and O–H groups in total. The smallest absolute Gasteiger partial charge is 0.328 e. The number of phenolic OH excluding ortho intramolecular Hbond substituents is 1. The standard InChI is InChI=1S/C37H55N9O14/c1-4-18(2)30(35(57)44-25(17-47)37(59)60)45-33(55)23(11-12-27(39)49)42-28(50)16-40-34(56)26-6-5-13-46(26)36(58)24(14-20-7-9-21(48)10-8-20)43-31(53)19(3)41-32(54)22(38)15-29(51)52/h7-10,18-19,22-26,30,47-48H,4-6,11-17,38H2,1-3H3,(H2,39,49)(H,40,56)(H,41,54)(H,42,50)(H,43,53)(H,44,57)(H,45,55)(H,51,52)(H,59,60)/t18-,19-,22-,23-,24-,25-,26-,30-/m0/s1. The summed E-state index contributed by atoms with van der Waals surface area (Å²) in [4.78, 5) is 128. The maximum atomic E-state index is 14.0. The first-order valence-electron chi connectivity index (χ1n) is 19.1. The summed E-state index contributed by atoms with van der Waals surface area (Å²) < 4.78 is 0. The van der Waals surface area contributed by atoms with Gasteiger partial charge in [0.2, 0.25) is 47.3 Å². The lowest BCUT2D eigenvalue weighted by Crippen LogP contribution is -2.59. The van der Waals surface area contributed by atoms with Crippen molar-refractivity contribution in [3.63, 3.8) is 0 Å². The van der Waals surface area contributed by atoms with Crippen LogP contribution in [0.3, 0.4) is 0 Å². The van der Waals surface area contributed by atoms with E-state index in [-0.39, 0.29) is 38.0 Å². The molecule has 1 aliphatic rings. The van der Waals surface area contributed by atoms with Crippen LogP contribution in [0, 0.1) is 5.92 Å². The van der Waals surface area contributed by atoms with Crippen LogP contribution in [0.1, 0.15) is 64.9 Å². The minimum Gasteiger partial charge on any atom is -0.508 e. The molecule has 1 aliphatic heterocycles. The first-order chi connectivity index (χ1) is 28.2. The number of primary amides is 1. The zero-order chi connectivity index (χ0) is 45.3. The molecule has 8 amide bonds. The van der Waals surface area contributed by atoms with Crippen LogP contribution in [-0.4, -0.2) is 147 Å². The highest BCUT2D eigenvalue weighted by atomic mass is 16.4. The highest BCUT2D eigenvalue weighted by Gasteiger charge is 2.39. The summed E-state index contributed by atoms with van der Waals surface area (Å²) in [5, 5.41) is 51.5. The molecule has 332 valence electrons. The van der Waals surface area contributed by atoms with E-state index in [1.54, 1.807) is 13.8 Å². The van der Waals surface area contributed by atoms with Gasteiger partial charge in [0.05, 0.1) is 25.6 Å². The second-order valence-electron chi connectivity index (χ2n) is 14.4. The molecule has 0 aromatic heterocycles. The number of nitrogens with zero attached hydrogens (tertiary/aromatic N) is 1. The molecule has 1 fully saturated rings. The number of aliphatic hydroxyl groups is 1. The normalized spacial score (nSPS) is 16.9. The number of carbonyl (C=O) groups excluding carboxylic acids is 8. The third-order valence-electron chi connectivity index (χ3n) is 9.66. The van der Waals surface area contributed by atoms with Gasteiger partial charge in [-0.15, -0.1) is 0 Å². The van der Waals surface area contributed by atoms with Crippen LogP contribution in [0.2, 0.25) is 0 Å². The fourth-order valence-electron chi connectivity index (χ4n) is 6.02. The van der Waals surface area contributed by atoms with Gasteiger partial charge in [0.1, 0.15) is 42.0 Å². The average molecular weight is 850 g/mol. The van der Waals surface area contributed by atoms with E-state index in [0.717, 1.165) is 0 Å². The Morgan fingerprint density at radius 2 is 1.47 bits per heavy atom. The van der Waals surface area contributed by atoms with E-state index in [4.69, 9.17) is 16.6 Å². The predicted molar refractivity (Wildman–Crippen MR) is 208 cm³/mol. The fraction of sp³-hybridized carbons (Fsp3) is 0.568. The van der Waals surface area contributed by atoms with Crippen molar-refractivity contribution in [3.05, 3.63) is 29.8 Å². The minimum absolute atomic E-state index is 0.0626. The molecule has 0 bridgehead atoms. The van der Waals surface area contributed by atoms with Crippen LogP contribution < -0.4 is 43.4 Å². The number of hydrogen-bond donors (Lipinski definition) is 12.